The van der Waals surface area contributed by atoms with Crippen LogP contribution in [0.2, 0.25) is 0 Å². The molecule has 4 nitrogen and oxygen atoms in total. The molecule has 0 aliphatic carbocycles. The molecular weight excluding hydrogens is 262 g/mol. The van der Waals surface area contributed by atoms with Crippen LogP contribution in [0, 0.1) is 0 Å². The molecule has 21 heavy (non-hydrogen) atoms. The van der Waals surface area contributed by atoms with E-state index in [1.165, 1.54) is 5.52 Å². The van der Waals surface area contributed by atoms with Gasteiger partial charge in [-0.1, -0.05) is 19.1 Å². The second-order valence-corrected chi connectivity index (χ2v) is 5.74. The minimum Gasteiger partial charge on any atom is -0.377 e. The van der Waals surface area contributed by atoms with Gasteiger partial charge < -0.3 is 14.6 Å². The van der Waals surface area contributed by atoms with E-state index in [2.05, 4.69) is 48.9 Å². The molecule has 1 unspecified atom stereocenters. The molecule has 1 heterocycles. The van der Waals surface area contributed by atoms with E-state index in [1.807, 2.05) is 13.1 Å². The summed E-state index contributed by atoms with van der Waals surface area (Å²) >= 11 is 0. The van der Waals surface area contributed by atoms with Gasteiger partial charge in [-0.25, -0.2) is 4.98 Å². The SMILES string of the molecule is CCCn1c(CC(COC(C)C)NC)nc2ccccc21. The lowest BCUT2D eigenvalue weighted by Crippen LogP contribution is -2.34. The van der Waals surface area contributed by atoms with Crippen LogP contribution < -0.4 is 5.32 Å². The van der Waals surface area contributed by atoms with Crippen molar-refractivity contribution in [3.63, 3.8) is 0 Å². The number of imidazole rings is 1. The maximum atomic E-state index is 5.74. The molecule has 0 saturated heterocycles. The highest BCUT2D eigenvalue weighted by molar-refractivity contribution is 5.75. The number of para-hydroxylation sites is 2. The number of ether oxygens (including phenoxy) is 1. The lowest BCUT2D eigenvalue weighted by Gasteiger charge is -2.18. The Labute approximate surface area is 127 Å². The second-order valence-electron chi connectivity index (χ2n) is 5.74. The summed E-state index contributed by atoms with van der Waals surface area (Å²) in [4.78, 5) is 4.81. The van der Waals surface area contributed by atoms with Crippen molar-refractivity contribution in [1.29, 1.82) is 0 Å². The Hall–Kier alpha value is -1.39. The lowest BCUT2D eigenvalue weighted by atomic mass is 10.2. The minimum absolute atomic E-state index is 0.260. The van der Waals surface area contributed by atoms with Crippen LogP contribution in [-0.2, 0) is 17.7 Å². The number of aryl methyl sites for hydroxylation is 1. The van der Waals surface area contributed by atoms with E-state index in [4.69, 9.17) is 9.72 Å². The number of rotatable bonds is 8. The summed E-state index contributed by atoms with van der Waals surface area (Å²) in [5.74, 6) is 1.14. The molecule has 2 rings (SSSR count). The van der Waals surface area contributed by atoms with Gasteiger partial charge in [0.1, 0.15) is 5.82 Å². The van der Waals surface area contributed by atoms with Crippen LogP contribution in [0.5, 0.6) is 0 Å². The zero-order valence-corrected chi connectivity index (χ0v) is 13.6. The summed E-state index contributed by atoms with van der Waals surface area (Å²) in [5, 5.41) is 3.34. The zero-order valence-electron chi connectivity index (χ0n) is 13.6. The summed E-state index contributed by atoms with van der Waals surface area (Å²) < 4.78 is 8.08. The predicted molar refractivity (Wildman–Crippen MR) is 87.7 cm³/mol. The highest BCUT2D eigenvalue weighted by Crippen LogP contribution is 2.18. The predicted octanol–water partition coefficient (Wildman–Crippen LogP) is 3.00. The van der Waals surface area contributed by atoms with E-state index < -0.39 is 0 Å². The second kappa shape index (κ2) is 7.57. The maximum absolute atomic E-state index is 5.74. The van der Waals surface area contributed by atoms with Gasteiger partial charge in [0.05, 0.1) is 23.7 Å². The first-order chi connectivity index (χ1) is 10.2. The van der Waals surface area contributed by atoms with E-state index in [9.17, 15) is 0 Å². The molecule has 0 bridgehead atoms. The Morgan fingerprint density at radius 3 is 2.71 bits per heavy atom. The van der Waals surface area contributed by atoms with Gasteiger partial charge in [0.15, 0.2) is 0 Å². The molecule has 0 fully saturated rings. The fourth-order valence-electron chi connectivity index (χ4n) is 2.53. The van der Waals surface area contributed by atoms with Crippen LogP contribution >= 0.6 is 0 Å². The number of nitrogens with zero attached hydrogens (tertiary/aromatic N) is 2. The smallest absolute Gasteiger partial charge is 0.111 e. The molecule has 0 aliphatic rings. The molecule has 0 radical (unpaired) electrons. The van der Waals surface area contributed by atoms with Crippen LogP contribution in [0.4, 0.5) is 0 Å². The van der Waals surface area contributed by atoms with Crippen LogP contribution in [-0.4, -0.2) is 35.4 Å². The first-order valence-corrected chi connectivity index (χ1v) is 7.88. The number of benzene rings is 1. The van der Waals surface area contributed by atoms with Crippen molar-refractivity contribution < 1.29 is 4.74 Å². The Morgan fingerprint density at radius 2 is 2.05 bits per heavy atom. The molecule has 1 aromatic carbocycles. The van der Waals surface area contributed by atoms with E-state index in [-0.39, 0.29) is 6.10 Å². The van der Waals surface area contributed by atoms with Gasteiger partial charge in [-0.3, -0.25) is 0 Å². The molecule has 0 spiro atoms. The van der Waals surface area contributed by atoms with Crippen LogP contribution in [0.25, 0.3) is 11.0 Å². The molecule has 4 heteroatoms. The fourth-order valence-corrected chi connectivity index (χ4v) is 2.53. The molecule has 2 aromatic rings. The standard InChI is InChI=1S/C17H27N3O/c1-5-10-20-16-9-7-6-8-15(16)19-17(20)11-14(18-4)12-21-13(2)3/h6-9,13-14,18H,5,10-12H2,1-4H3. The Kier molecular flexibility index (Phi) is 5.76. The number of likely N-dealkylation sites (N-methyl/N-ethyl adjacent to an activating group) is 1. The summed E-state index contributed by atoms with van der Waals surface area (Å²) in [7, 11) is 1.99. The average Bonchev–Trinajstić information content (AvgIpc) is 2.81. The molecular formula is C17H27N3O. The molecule has 0 aliphatic heterocycles. The third-order valence-electron chi connectivity index (χ3n) is 3.65. The maximum Gasteiger partial charge on any atom is 0.111 e. The molecule has 0 saturated carbocycles. The van der Waals surface area contributed by atoms with Crippen LogP contribution in [0.3, 0.4) is 0 Å². The van der Waals surface area contributed by atoms with Gasteiger partial charge in [-0.2, -0.15) is 0 Å². The van der Waals surface area contributed by atoms with E-state index in [0.717, 1.165) is 30.7 Å². The van der Waals surface area contributed by atoms with Crippen molar-refractivity contribution in [3.8, 4) is 0 Å². The van der Waals surface area contributed by atoms with Crippen molar-refractivity contribution >= 4 is 11.0 Å². The normalized spacial score (nSPS) is 13.2. The summed E-state index contributed by atoms with van der Waals surface area (Å²) in [6.07, 6.45) is 2.26. The minimum atomic E-state index is 0.260. The van der Waals surface area contributed by atoms with E-state index >= 15 is 0 Å². The van der Waals surface area contributed by atoms with Crippen LogP contribution in [0.1, 0.15) is 33.0 Å². The van der Waals surface area contributed by atoms with Gasteiger partial charge in [0.25, 0.3) is 0 Å². The number of hydrogen-bond donors (Lipinski definition) is 1. The number of nitrogens with one attached hydrogen (secondary N) is 1. The van der Waals surface area contributed by atoms with Gasteiger partial charge in [0, 0.05) is 19.0 Å². The lowest BCUT2D eigenvalue weighted by molar-refractivity contribution is 0.0622. The van der Waals surface area contributed by atoms with Gasteiger partial charge in [-0.05, 0) is 39.4 Å². The fraction of sp³-hybridized carbons (Fsp3) is 0.588. The van der Waals surface area contributed by atoms with Crippen molar-refractivity contribution in [2.75, 3.05) is 13.7 Å². The van der Waals surface area contributed by atoms with Gasteiger partial charge >= 0.3 is 0 Å². The first-order valence-electron chi connectivity index (χ1n) is 7.88. The average molecular weight is 289 g/mol. The molecule has 116 valence electrons. The Balaban J connectivity index is 2.21. The van der Waals surface area contributed by atoms with E-state index in [0.29, 0.717) is 12.6 Å². The summed E-state index contributed by atoms with van der Waals surface area (Å²) in [6.45, 7) is 8.06. The topological polar surface area (TPSA) is 39.1 Å². The van der Waals surface area contributed by atoms with Crippen molar-refractivity contribution in [3.05, 3.63) is 30.1 Å². The molecule has 1 aromatic heterocycles. The first kappa shape index (κ1) is 16.0. The highest BCUT2D eigenvalue weighted by atomic mass is 16.5. The molecule has 0 amide bonds. The summed E-state index contributed by atoms with van der Waals surface area (Å²) in [5.41, 5.74) is 2.31. The van der Waals surface area contributed by atoms with Crippen molar-refractivity contribution in [2.24, 2.45) is 0 Å². The highest BCUT2D eigenvalue weighted by Gasteiger charge is 2.15. The third-order valence-corrected chi connectivity index (χ3v) is 3.65. The molecule has 1 N–H and O–H groups in total. The van der Waals surface area contributed by atoms with Gasteiger partial charge in [-0.15, -0.1) is 0 Å². The quantitative estimate of drug-likeness (QED) is 0.812. The summed E-state index contributed by atoms with van der Waals surface area (Å²) in [6, 6.07) is 8.66. The zero-order chi connectivity index (χ0) is 15.2. The Morgan fingerprint density at radius 1 is 1.29 bits per heavy atom. The van der Waals surface area contributed by atoms with Crippen molar-refractivity contribution in [1.82, 2.24) is 14.9 Å². The Bertz CT molecular complexity index is 562. The third kappa shape index (κ3) is 4.05. The van der Waals surface area contributed by atoms with E-state index in [1.54, 1.807) is 0 Å². The monoisotopic (exact) mass is 289 g/mol. The molecule has 1 atom stereocenters. The number of hydrogen-bond acceptors (Lipinski definition) is 3. The van der Waals surface area contributed by atoms with Gasteiger partial charge in [0.2, 0.25) is 0 Å². The van der Waals surface area contributed by atoms with Crippen LogP contribution in [0.15, 0.2) is 24.3 Å². The van der Waals surface area contributed by atoms with Crippen molar-refractivity contribution in [2.45, 2.75) is 52.3 Å². The number of aromatic nitrogens is 2. The largest absolute Gasteiger partial charge is 0.377 e. The number of fused-ring (bicyclic) bond motifs is 1.